The molecule has 0 aliphatic carbocycles. The van der Waals surface area contributed by atoms with Gasteiger partial charge in [0, 0.05) is 11.5 Å². The molecule has 0 bridgehead atoms. The zero-order chi connectivity index (χ0) is 29.9. The third-order valence-electron chi connectivity index (χ3n) is 7.30. The zero-order valence-electron chi connectivity index (χ0n) is 24.4. The lowest BCUT2D eigenvalue weighted by molar-refractivity contribution is -0.176. The van der Waals surface area contributed by atoms with Crippen molar-refractivity contribution in [3.05, 3.63) is 64.9 Å². The molecule has 9 heteroatoms. The number of allylic oxidation sites excluding steroid dienone is 1. The van der Waals surface area contributed by atoms with Crippen LogP contribution in [-0.4, -0.2) is 36.8 Å². The minimum Gasteiger partial charge on any atom is -0.498 e. The first-order chi connectivity index (χ1) is 19.7. The molecular weight excluding hydrogens is 540 g/mol. The van der Waals surface area contributed by atoms with E-state index in [-0.39, 0.29) is 41.4 Å². The highest BCUT2D eigenvalue weighted by molar-refractivity contribution is 5.66. The van der Waals surface area contributed by atoms with Crippen molar-refractivity contribution in [3.8, 4) is 11.5 Å². The Labute approximate surface area is 240 Å². The van der Waals surface area contributed by atoms with Gasteiger partial charge in [-0.15, -0.1) is 0 Å². The van der Waals surface area contributed by atoms with Gasteiger partial charge in [0.2, 0.25) is 11.6 Å². The number of aliphatic hydroxyl groups is 1. The molecule has 2 heterocycles. The first kappa shape index (κ1) is 32.7. The van der Waals surface area contributed by atoms with Crippen molar-refractivity contribution in [2.24, 2.45) is 0 Å². The van der Waals surface area contributed by atoms with Crippen molar-refractivity contribution in [3.63, 3.8) is 0 Å². The molecule has 2 aromatic rings. The Morgan fingerprint density at radius 1 is 0.756 bits per heavy atom. The second-order valence-corrected chi connectivity index (χ2v) is 10.2. The maximum Gasteiger partial charge on any atom is 0.201 e. The molecule has 41 heavy (non-hydrogen) atoms. The van der Waals surface area contributed by atoms with E-state index in [1.165, 1.54) is 18.2 Å². The highest BCUT2D eigenvalue weighted by Crippen LogP contribution is 2.37. The van der Waals surface area contributed by atoms with E-state index in [1.54, 1.807) is 26.2 Å². The second-order valence-electron chi connectivity index (χ2n) is 10.2. The van der Waals surface area contributed by atoms with E-state index in [4.69, 9.17) is 18.9 Å². The summed E-state index contributed by atoms with van der Waals surface area (Å²) in [6.07, 6.45) is 7.41. The Kier molecular flexibility index (Phi) is 12.8. The van der Waals surface area contributed by atoms with Gasteiger partial charge in [0.05, 0.1) is 31.7 Å². The van der Waals surface area contributed by atoms with E-state index in [9.17, 15) is 22.7 Å². The predicted molar refractivity (Wildman–Crippen MR) is 150 cm³/mol. The van der Waals surface area contributed by atoms with E-state index in [0.29, 0.717) is 25.0 Å². The maximum absolute atomic E-state index is 14.2. The van der Waals surface area contributed by atoms with Gasteiger partial charge in [-0.05, 0) is 81.7 Å². The highest BCUT2D eigenvalue weighted by Gasteiger charge is 2.33. The number of halogens is 4. The quantitative estimate of drug-likeness (QED) is 0.285. The summed E-state index contributed by atoms with van der Waals surface area (Å²) >= 11 is 0. The van der Waals surface area contributed by atoms with E-state index >= 15 is 0 Å². The number of ether oxygens (including phenoxy) is 4. The monoisotopic (exact) mass is 582 g/mol. The maximum atomic E-state index is 14.2. The fourth-order valence-electron chi connectivity index (χ4n) is 5.21. The van der Waals surface area contributed by atoms with Crippen LogP contribution in [0.3, 0.4) is 0 Å². The Morgan fingerprint density at radius 2 is 1.37 bits per heavy atom. The largest absolute Gasteiger partial charge is 0.498 e. The van der Waals surface area contributed by atoms with Gasteiger partial charge in [-0.25, -0.2) is 8.78 Å². The van der Waals surface area contributed by atoms with E-state index in [1.807, 2.05) is 6.92 Å². The van der Waals surface area contributed by atoms with Gasteiger partial charge in [-0.3, -0.25) is 0 Å². The van der Waals surface area contributed by atoms with Crippen LogP contribution in [0, 0.1) is 23.3 Å². The molecule has 2 aromatic carbocycles. The van der Waals surface area contributed by atoms with E-state index in [2.05, 4.69) is 6.92 Å². The third kappa shape index (κ3) is 8.38. The van der Waals surface area contributed by atoms with Crippen molar-refractivity contribution >= 4 is 5.57 Å². The number of rotatable bonds is 10. The number of hydrogen-bond donors (Lipinski definition) is 1. The molecule has 2 aliphatic rings. The Bertz CT molecular complexity index is 1160. The summed E-state index contributed by atoms with van der Waals surface area (Å²) in [6.45, 7) is 8.16. The lowest BCUT2D eigenvalue weighted by Crippen LogP contribution is -2.34. The summed E-state index contributed by atoms with van der Waals surface area (Å²) in [5, 5.41) is 10.1. The van der Waals surface area contributed by atoms with Gasteiger partial charge >= 0.3 is 0 Å². The van der Waals surface area contributed by atoms with Gasteiger partial charge in [0.25, 0.3) is 0 Å². The van der Waals surface area contributed by atoms with Crippen LogP contribution in [0.15, 0.2) is 30.5 Å². The number of aliphatic hydroxyl groups excluding tert-OH is 1. The van der Waals surface area contributed by atoms with E-state index < -0.39 is 35.5 Å². The van der Waals surface area contributed by atoms with Gasteiger partial charge < -0.3 is 24.1 Å². The topological polar surface area (TPSA) is 57.2 Å². The molecule has 1 fully saturated rings. The lowest BCUT2D eigenvalue weighted by Gasteiger charge is -2.34. The third-order valence-corrected chi connectivity index (χ3v) is 7.30. The standard InChI is InChI=1S/C16H22F2O3.C16H20F2O2/c1-3-5-10-6-7-12(16(19)21-10)11-8-9-13(20-4-2)15(18)14(11)17;1-3-5-12-7-6-11(10-20-12)13-8-9-14(19-4-2)16(18)15(13)17/h8-10,12,16,19H,3-7H2,1-2H3;8-10,12H,3-7H2,1-2H3. The van der Waals surface area contributed by atoms with Crippen LogP contribution in [-0.2, 0) is 9.47 Å². The number of benzene rings is 2. The Hall–Kier alpha value is -2.78. The van der Waals surface area contributed by atoms with Gasteiger partial charge in [0.1, 0.15) is 0 Å². The fraction of sp³-hybridized carbons (Fsp3) is 0.562. The Balaban J connectivity index is 0.000000226. The first-order valence-corrected chi connectivity index (χ1v) is 14.6. The van der Waals surface area contributed by atoms with Crippen molar-refractivity contribution in [1.82, 2.24) is 0 Å². The molecule has 0 amide bonds. The van der Waals surface area contributed by atoms with Crippen LogP contribution in [0.2, 0.25) is 0 Å². The summed E-state index contributed by atoms with van der Waals surface area (Å²) in [5.74, 6) is -4.44. The van der Waals surface area contributed by atoms with Crippen LogP contribution in [0.25, 0.3) is 5.57 Å². The Morgan fingerprint density at radius 3 is 1.93 bits per heavy atom. The van der Waals surface area contributed by atoms with Gasteiger partial charge in [-0.2, -0.15) is 8.78 Å². The normalized spacial score (nSPS) is 22.2. The molecule has 4 rings (SSSR count). The molecular formula is C32H42F4O5. The van der Waals surface area contributed by atoms with Crippen molar-refractivity contribution < 1.29 is 41.6 Å². The summed E-state index contributed by atoms with van der Waals surface area (Å²) in [5.41, 5.74) is 1.12. The smallest absolute Gasteiger partial charge is 0.201 e. The average Bonchev–Trinajstić information content (AvgIpc) is 2.96. The molecule has 5 nitrogen and oxygen atoms in total. The van der Waals surface area contributed by atoms with Crippen LogP contribution in [0.5, 0.6) is 11.5 Å². The lowest BCUT2D eigenvalue weighted by atomic mass is 9.88. The van der Waals surface area contributed by atoms with Crippen LogP contribution in [0.4, 0.5) is 17.6 Å². The van der Waals surface area contributed by atoms with Crippen LogP contribution < -0.4 is 9.47 Å². The first-order valence-electron chi connectivity index (χ1n) is 14.6. The summed E-state index contributed by atoms with van der Waals surface area (Å²) in [6, 6.07) is 5.90. The average molecular weight is 583 g/mol. The SMILES string of the molecule is CCCC1CCC(c2ccc(OCC)c(F)c2F)=CO1.CCCC1CCC(c2ccc(OCC)c(F)c2F)C(O)O1. The van der Waals surface area contributed by atoms with Crippen molar-refractivity contribution in [2.45, 2.75) is 103 Å². The van der Waals surface area contributed by atoms with Crippen LogP contribution in [0.1, 0.15) is 96.1 Å². The molecule has 4 unspecified atom stereocenters. The minimum atomic E-state index is -1.10. The molecule has 0 saturated carbocycles. The summed E-state index contributed by atoms with van der Waals surface area (Å²) < 4.78 is 77.1. The van der Waals surface area contributed by atoms with Crippen LogP contribution >= 0.6 is 0 Å². The molecule has 228 valence electrons. The minimum absolute atomic E-state index is 0.00291. The van der Waals surface area contributed by atoms with E-state index in [0.717, 1.165) is 38.5 Å². The van der Waals surface area contributed by atoms with Crippen molar-refractivity contribution in [2.75, 3.05) is 13.2 Å². The zero-order valence-corrected chi connectivity index (χ0v) is 24.4. The molecule has 0 radical (unpaired) electrons. The molecule has 0 aromatic heterocycles. The fourth-order valence-corrected chi connectivity index (χ4v) is 5.21. The summed E-state index contributed by atoms with van der Waals surface area (Å²) in [4.78, 5) is 0. The molecule has 2 aliphatic heterocycles. The van der Waals surface area contributed by atoms with Gasteiger partial charge in [0.15, 0.2) is 29.4 Å². The molecule has 1 N–H and O–H groups in total. The molecule has 0 spiro atoms. The van der Waals surface area contributed by atoms with Crippen molar-refractivity contribution in [1.29, 1.82) is 0 Å². The summed E-state index contributed by atoms with van der Waals surface area (Å²) in [7, 11) is 0. The second kappa shape index (κ2) is 16.0. The predicted octanol–water partition coefficient (Wildman–Crippen LogP) is 8.43. The number of hydrogen-bond acceptors (Lipinski definition) is 5. The highest BCUT2D eigenvalue weighted by atomic mass is 19.2. The molecule has 4 atom stereocenters. The molecule has 1 saturated heterocycles. The van der Waals surface area contributed by atoms with Gasteiger partial charge in [-0.1, -0.05) is 32.8 Å².